The Morgan fingerprint density at radius 2 is 1.91 bits per heavy atom. The summed E-state index contributed by atoms with van der Waals surface area (Å²) in [5.41, 5.74) is -0.467. The van der Waals surface area contributed by atoms with Crippen LogP contribution in [0.15, 0.2) is 30.3 Å². The van der Waals surface area contributed by atoms with Crippen molar-refractivity contribution in [3.63, 3.8) is 0 Å². The van der Waals surface area contributed by atoms with Crippen LogP contribution in [0.2, 0.25) is 0 Å². The van der Waals surface area contributed by atoms with Crippen LogP contribution < -0.4 is 4.74 Å². The number of carbonyl (C=O) groups is 1. The van der Waals surface area contributed by atoms with Gasteiger partial charge in [0.1, 0.15) is 11.4 Å². The Hall–Kier alpha value is -1.75. The number of ether oxygens (including phenoxy) is 2. The first kappa shape index (κ1) is 17.6. The maximum absolute atomic E-state index is 12.4. The Morgan fingerprint density at radius 3 is 2.57 bits per heavy atom. The zero-order chi connectivity index (χ0) is 16.9. The fraction of sp³-hybridized carbons (Fsp3) is 0.611. The molecule has 5 nitrogen and oxygen atoms in total. The third kappa shape index (κ3) is 5.75. The molecule has 0 aliphatic carbocycles. The van der Waals surface area contributed by atoms with Crippen LogP contribution in [-0.4, -0.2) is 60.8 Å². The highest BCUT2D eigenvalue weighted by atomic mass is 16.6. The Kier molecular flexibility index (Phi) is 5.88. The van der Waals surface area contributed by atoms with Crippen LogP contribution in [0.1, 0.15) is 27.2 Å². The lowest BCUT2D eigenvalue weighted by atomic mass is 10.1. The topological polar surface area (TPSA) is 42.0 Å². The van der Waals surface area contributed by atoms with Crippen LogP contribution in [0, 0.1) is 0 Å². The zero-order valence-corrected chi connectivity index (χ0v) is 14.6. The second-order valence-electron chi connectivity index (χ2n) is 7.04. The van der Waals surface area contributed by atoms with Crippen LogP contribution in [0.4, 0.5) is 4.79 Å². The molecule has 1 aliphatic rings. The number of likely N-dealkylation sites (N-methyl/N-ethyl adjacent to an activating group) is 1. The Labute approximate surface area is 139 Å². The fourth-order valence-electron chi connectivity index (χ4n) is 2.65. The first-order chi connectivity index (χ1) is 10.8. The molecule has 5 heteroatoms. The van der Waals surface area contributed by atoms with Gasteiger partial charge >= 0.3 is 6.09 Å². The number of nitrogens with zero attached hydrogens (tertiary/aromatic N) is 2. The molecule has 0 unspecified atom stereocenters. The molecule has 1 saturated heterocycles. The van der Waals surface area contributed by atoms with Crippen molar-refractivity contribution < 1.29 is 14.3 Å². The molecule has 0 N–H and O–H groups in total. The van der Waals surface area contributed by atoms with Crippen LogP contribution >= 0.6 is 0 Å². The molecule has 2 rings (SSSR count). The van der Waals surface area contributed by atoms with Gasteiger partial charge in [-0.25, -0.2) is 4.79 Å². The summed E-state index contributed by atoms with van der Waals surface area (Å²) in [7, 11) is 2.08. The van der Waals surface area contributed by atoms with Gasteiger partial charge in [-0.15, -0.1) is 0 Å². The molecule has 1 heterocycles. The van der Waals surface area contributed by atoms with E-state index in [4.69, 9.17) is 9.47 Å². The molecule has 1 aliphatic heterocycles. The quantitative estimate of drug-likeness (QED) is 0.855. The van der Waals surface area contributed by atoms with E-state index in [0.29, 0.717) is 13.2 Å². The monoisotopic (exact) mass is 320 g/mol. The number of para-hydroxylation sites is 1. The fourth-order valence-corrected chi connectivity index (χ4v) is 2.65. The van der Waals surface area contributed by atoms with Crippen LogP contribution in [0.3, 0.4) is 0 Å². The zero-order valence-electron chi connectivity index (χ0n) is 14.6. The minimum atomic E-state index is -0.467. The summed E-state index contributed by atoms with van der Waals surface area (Å²) in [5.74, 6) is 0.862. The summed E-state index contributed by atoms with van der Waals surface area (Å²) >= 11 is 0. The number of carbonyl (C=O) groups excluding carboxylic acids is 1. The van der Waals surface area contributed by atoms with Crippen molar-refractivity contribution in [3.05, 3.63) is 30.3 Å². The van der Waals surface area contributed by atoms with Crippen LogP contribution in [0.5, 0.6) is 5.75 Å². The number of piperazine rings is 1. The van der Waals surface area contributed by atoms with Gasteiger partial charge in [0.15, 0.2) is 0 Å². The van der Waals surface area contributed by atoms with Gasteiger partial charge in [0, 0.05) is 26.1 Å². The van der Waals surface area contributed by atoms with Crippen LogP contribution in [-0.2, 0) is 4.74 Å². The Morgan fingerprint density at radius 1 is 1.22 bits per heavy atom. The molecule has 1 fully saturated rings. The minimum absolute atomic E-state index is 0.118. The van der Waals surface area contributed by atoms with E-state index in [9.17, 15) is 4.79 Å². The third-order valence-electron chi connectivity index (χ3n) is 3.78. The highest BCUT2D eigenvalue weighted by Gasteiger charge is 2.32. The van der Waals surface area contributed by atoms with Gasteiger partial charge in [-0.3, -0.25) is 0 Å². The van der Waals surface area contributed by atoms with Crippen LogP contribution in [0.25, 0.3) is 0 Å². The molecular weight excluding hydrogens is 292 g/mol. The maximum atomic E-state index is 12.4. The van der Waals surface area contributed by atoms with E-state index >= 15 is 0 Å². The summed E-state index contributed by atoms with van der Waals surface area (Å²) < 4.78 is 11.3. The van der Waals surface area contributed by atoms with Gasteiger partial charge in [-0.05, 0) is 40.0 Å². The minimum Gasteiger partial charge on any atom is -0.494 e. The van der Waals surface area contributed by atoms with E-state index in [1.165, 1.54) is 0 Å². The van der Waals surface area contributed by atoms with Crippen molar-refractivity contribution in [2.45, 2.75) is 38.8 Å². The second kappa shape index (κ2) is 7.68. The molecule has 1 amide bonds. The molecule has 0 spiro atoms. The molecular formula is C18H28N2O3. The van der Waals surface area contributed by atoms with Gasteiger partial charge in [0.05, 0.1) is 12.6 Å². The van der Waals surface area contributed by atoms with E-state index < -0.39 is 5.60 Å². The molecule has 1 aromatic rings. The first-order valence-electron chi connectivity index (χ1n) is 8.21. The average molecular weight is 320 g/mol. The lowest BCUT2D eigenvalue weighted by Gasteiger charge is -2.40. The Balaban J connectivity index is 1.90. The van der Waals surface area contributed by atoms with E-state index in [-0.39, 0.29) is 12.1 Å². The summed E-state index contributed by atoms with van der Waals surface area (Å²) in [5, 5.41) is 0. The molecule has 1 atom stereocenters. The SMILES string of the molecule is CN1CCN(C(=O)OC(C)(C)C)[C@H](CCOc2ccccc2)C1. The predicted octanol–water partition coefficient (Wildman–Crippen LogP) is 3.01. The van der Waals surface area contributed by atoms with Gasteiger partial charge in [-0.2, -0.15) is 0 Å². The smallest absolute Gasteiger partial charge is 0.410 e. The van der Waals surface area contributed by atoms with E-state index in [2.05, 4.69) is 11.9 Å². The largest absolute Gasteiger partial charge is 0.494 e. The summed E-state index contributed by atoms with van der Waals surface area (Å²) in [6, 6.07) is 9.88. The van der Waals surface area contributed by atoms with Crippen molar-refractivity contribution in [2.75, 3.05) is 33.3 Å². The third-order valence-corrected chi connectivity index (χ3v) is 3.78. The van der Waals surface area contributed by atoms with E-state index in [1.807, 2.05) is 56.0 Å². The molecule has 0 radical (unpaired) electrons. The predicted molar refractivity (Wildman–Crippen MR) is 90.8 cm³/mol. The van der Waals surface area contributed by atoms with Gasteiger partial charge in [-0.1, -0.05) is 18.2 Å². The normalized spacial score (nSPS) is 19.5. The lowest BCUT2D eigenvalue weighted by molar-refractivity contribution is -0.00142. The summed E-state index contributed by atoms with van der Waals surface area (Å²) in [6.07, 6.45) is 0.564. The van der Waals surface area contributed by atoms with Crippen molar-refractivity contribution in [2.24, 2.45) is 0 Å². The highest BCUT2D eigenvalue weighted by molar-refractivity contribution is 5.68. The molecule has 23 heavy (non-hydrogen) atoms. The van der Waals surface area contributed by atoms with E-state index in [1.54, 1.807) is 0 Å². The number of hydrogen-bond acceptors (Lipinski definition) is 4. The molecule has 0 bridgehead atoms. The number of benzene rings is 1. The number of amides is 1. The standard InChI is InChI=1S/C18H28N2O3/c1-18(2,3)23-17(21)20-12-11-19(4)14-15(20)10-13-22-16-8-6-5-7-9-16/h5-9,15H,10-14H2,1-4H3/t15-/m1/s1. The van der Waals surface area contributed by atoms with Crippen molar-refractivity contribution in [1.29, 1.82) is 0 Å². The van der Waals surface area contributed by atoms with Crippen molar-refractivity contribution in [3.8, 4) is 5.75 Å². The van der Waals surface area contributed by atoms with E-state index in [0.717, 1.165) is 25.3 Å². The second-order valence-corrected chi connectivity index (χ2v) is 7.04. The lowest BCUT2D eigenvalue weighted by Crippen LogP contribution is -2.55. The average Bonchev–Trinajstić information content (AvgIpc) is 2.46. The Bertz CT molecular complexity index is 499. The molecule has 0 saturated carbocycles. The first-order valence-corrected chi connectivity index (χ1v) is 8.21. The molecule has 0 aromatic heterocycles. The highest BCUT2D eigenvalue weighted by Crippen LogP contribution is 2.18. The van der Waals surface area contributed by atoms with Gasteiger partial charge in [0.25, 0.3) is 0 Å². The van der Waals surface area contributed by atoms with Gasteiger partial charge in [0.2, 0.25) is 0 Å². The number of hydrogen-bond donors (Lipinski definition) is 0. The summed E-state index contributed by atoms with van der Waals surface area (Å²) in [4.78, 5) is 16.5. The molecule has 128 valence electrons. The van der Waals surface area contributed by atoms with Crippen molar-refractivity contribution >= 4 is 6.09 Å². The maximum Gasteiger partial charge on any atom is 0.410 e. The van der Waals surface area contributed by atoms with Crippen molar-refractivity contribution in [1.82, 2.24) is 9.80 Å². The number of rotatable bonds is 4. The summed E-state index contributed by atoms with van der Waals surface area (Å²) in [6.45, 7) is 8.69. The molecule has 1 aromatic carbocycles. The van der Waals surface area contributed by atoms with Gasteiger partial charge < -0.3 is 19.3 Å².